The van der Waals surface area contributed by atoms with Crippen LogP contribution < -0.4 is 4.74 Å². The van der Waals surface area contributed by atoms with Crippen molar-refractivity contribution in [1.29, 1.82) is 0 Å². The second-order valence-electron chi connectivity index (χ2n) is 5.73. The van der Waals surface area contributed by atoms with E-state index in [0.717, 1.165) is 25.2 Å². The first-order valence-electron chi connectivity index (χ1n) is 7.86. The van der Waals surface area contributed by atoms with Gasteiger partial charge in [-0.15, -0.1) is 0 Å². The van der Waals surface area contributed by atoms with E-state index in [4.69, 9.17) is 4.74 Å². The number of unbranched alkanes of at least 4 members (excludes halogenated alkanes) is 1. The number of hydrogen-bond acceptors (Lipinski definition) is 4. The van der Waals surface area contributed by atoms with Crippen molar-refractivity contribution in [2.45, 2.75) is 31.6 Å². The lowest BCUT2D eigenvalue weighted by Gasteiger charge is -2.34. The summed E-state index contributed by atoms with van der Waals surface area (Å²) in [5.74, 6) is 0.711. The van der Waals surface area contributed by atoms with E-state index in [2.05, 4.69) is 11.8 Å². The van der Waals surface area contributed by atoms with Gasteiger partial charge in [-0.3, -0.25) is 0 Å². The Bertz CT molecular complexity index is 593. The van der Waals surface area contributed by atoms with Gasteiger partial charge in [0.05, 0.1) is 12.0 Å². The van der Waals surface area contributed by atoms with Crippen LogP contribution in [0.5, 0.6) is 5.75 Å². The summed E-state index contributed by atoms with van der Waals surface area (Å²) < 4.78 is 32.2. The number of sulfonamides is 1. The fourth-order valence-corrected chi connectivity index (χ4v) is 4.24. The highest BCUT2D eigenvalue weighted by Crippen LogP contribution is 2.24. The van der Waals surface area contributed by atoms with E-state index in [9.17, 15) is 8.42 Å². The van der Waals surface area contributed by atoms with Gasteiger partial charge in [0.15, 0.2) is 0 Å². The third-order valence-electron chi connectivity index (χ3n) is 4.16. The standard InChI is InChI=1S/C16H26N2O3S/c1-4-5-8-17-9-11-18(12-10-17)22(19,20)15-6-7-16(21-3)14(2)13-15/h6-7,13H,4-5,8-12H2,1-3H3. The Labute approximate surface area is 133 Å². The van der Waals surface area contributed by atoms with Crippen LogP contribution in [0.1, 0.15) is 25.3 Å². The van der Waals surface area contributed by atoms with Crippen LogP contribution in [0.2, 0.25) is 0 Å². The van der Waals surface area contributed by atoms with Gasteiger partial charge in [0.25, 0.3) is 0 Å². The molecule has 1 aliphatic rings. The van der Waals surface area contributed by atoms with E-state index in [1.165, 1.54) is 12.8 Å². The Kier molecular flexibility index (Phi) is 5.83. The molecule has 1 aromatic rings. The normalized spacial score (nSPS) is 17.6. The summed E-state index contributed by atoms with van der Waals surface area (Å²) in [4.78, 5) is 2.70. The van der Waals surface area contributed by atoms with Crippen molar-refractivity contribution >= 4 is 10.0 Å². The summed E-state index contributed by atoms with van der Waals surface area (Å²) in [6.07, 6.45) is 2.34. The van der Waals surface area contributed by atoms with Gasteiger partial charge in [-0.1, -0.05) is 13.3 Å². The van der Waals surface area contributed by atoms with Gasteiger partial charge >= 0.3 is 0 Å². The molecule has 0 bridgehead atoms. The third-order valence-corrected chi connectivity index (χ3v) is 6.06. The fraction of sp³-hybridized carbons (Fsp3) is 0.625. The molecule has 5 nitrogen and oxygen atoms in total. The van der Waals surface area contributed by atoms with Crippen molar-refractivity contribution < 1.29 is 13.2 Å². The molecule has 1 aromatic carbocycles. The lowest BCUT2D eigenvalue weighted by molar-refractivity contribution is 0.186. The minimum Gasteiger partial charge on any atom is -0.496 e. The average molecular weight is 326 g/mol. The first-order valence-corrected chi connectivity index (χ1v) is 9.30. The van der Waals surface area contributed by atoms with Crippen LogP contribution in [0.4, 0.5) is 0 Å². The van der Waals surface area contributed by atoms with Gasteiger partial charge in [-0.05, 0) is 43.7 Å². The molecule has 0 N–H and O–H groups in total. The van der Waals surface area contributed by atoms with Crippen LogP contribution in [-0.2, 0) is 10.0 Å². The van der Waals surface area contributed by atoms with E-state index in [0.29, 0.717) is 23.7 Å². The van der Waals surface area contributed by atoms with Gasteiger partial charge < -0.3 is 9.64 Å². The third kappa shape index (κ3) is 3.80. The number of piperazine rings is 1. The predicted octanol–water partition coefficient (Wildman–Crippen LogP) is 2.11. The molecule has 22 heavy (non-hydrogen) atoms. The molecule has 0 spiro atoms. The molecule has 1 fully saturated rings. The van der Waals surface area contributed by atoms with E-state index < -0.39 is 10.0 Å². The minimum absolute atomic E-state index is 0.354. The molecule has 0 aliphatic carbocycles. The lowest BCUT2D eigenvalue weighted by Crippen LogP contribution is -2.48. The van der Waals surface area contributed by atoms with E-state index >= 15 is 0 Å². The lowest BCUT2D eigenvalue weighted by atomic mass is 10.2. The number of ether oxygens (including phenoxy) is 1. The maximum absolute atomic E-state index is 12.7. The summed E-state index contributed by atoms with van der Waals surface area (Å²) >= 11 is 0. The molecule has 0 aromatic heterocycles. The highest BCUT2D eigenvalue weighted by molar-refractivity contribution is 7.89. The first-order chi connectivity index (χ1) is 10.5. The van der Waals surface area contributed by atoms with Crippen molar-refractivity contribution in [3.05, 3.63) is 23.8 Å². The second-order valence-corrected chi connectivity index (χ2v) is 7.67. The Hall–Kier alpha value is -1.11. The van der Waals surface area contributed by atoms with Crippen LogP contribution in [0.15, 0.2) is 23.1 Å². The predicted molar refractivity (Wildman–Crippen MR) is 87.8 cm³/mol. The van der Waals surface area contributed by atoms with Crippen LogP contribution in [0.3, 0.4) is 0 Å². The van der Waals surface area contributed by atoms with Crippen molar-refractivity contribution in [3.63, 3.8) is 0 Å². The van der Waals surface area contributed by atoms with Crippen LogP contribution in [-0.4, -0.2) is 57.5 Å². The number of rotatable bonds is 6. The van der Waals surface area contributed by atoms with Gasteiger partial charge in [0, 0.05) is 26.2 Å². The zero-order valence-corrected chi connectivity index (χ0v) is 14.5. The first kappa shape index (κ1) is 17.2. The summed E-state index contributed by atoms with van der Waals surface area (Å²) in [5.41, 5.74) is 0.838. The Balaban J connectivity index is 2.07. The molecule has 6 heteroatoms. The molecule has 1 saturated heterocycles. The topological polar surface area (TPSA) is 49.9 Å². The summed E-state index contributed by atoms with van der Waals surface area (Å²) in [6.45, 7) is 7.86. The molecule has 2 rings (SSSR count). The molecule has 0 atom stereocenters. The minimum atomic E-state index is -3.40. The molecule has 1 heterocycles. The van der Waals surface area contributed by atoms with Crippen LogP contribution in [0, 0.1) is 6.92 Å². The molecule has 0 unspecified atom stereocenters. The second kappa shape index (κ2) is 7.44. The molecule has 0 saturated carbocycles. The monoisotopic (exact) mass is 326 g/mol. The maximum Gasteiger partial charge on any atom is 0.243 e. The number of nitrogens with zero attached hydrogens (tertiary/aromatic N) is 2. The highest BCUT2D eigenvalue weighted by Gasteiger charge is 2.28. The quantitative estimate of drug-likeness (QED) is 0.803. The SMILES string of the molecule is CCCCN1CCN(S(=O)(=O)c2ccc(OC)c(C)c2)CC1. The largest absolute Gasteiger partial charge is 0.496 e. The van der Waals surface area contributed by atoms with Gasteiger partial charge in [0.1, 0.15) is 5.75 Å². The maximum atomic E-state index is 12.7. The molecule has 124 valence electrons. The summed E-state index contributed by atoms with van der Waals surface area (Å²) in [6, 6.07) is 5.04. The van der Waals surface area contributed by atoms with Crippen molar-refractivity contribution in [2.75, 3.05) is 39.8 Å². The van der Waals surface area contributed by atoms with Gasteiger partial charge in [0.2, 0.25) is 10.0 Å². The van der Waals surface area contributed by atoms with Crippen molar-refractivity contribution in [2.24, 2.45) is 0 Å². The number of benzene rings is 1. The Morgan fingerprint density at radius 3 is 2.41 bits per heavy atom. The van der Waals surface area contributed by atoms with E-state index in [-0.39, 0.29) is 0 Å². The highest BCUT2D eigenvalue weighted by atomic mass is 32.2. The molecule has 0 amide bonds. The van der Waals surface area contributed by atoms with Crippen LogP contribution in [0.25, 0.3) is 0 Å². The Morgan fingerprint density at radius 1 is 1.18 bits per heavy atom. The summed E-state index contributed by atoms with van der Waals surface area (Å²) in [7, 11) is -1.81. The van der Waals surface area contributed by atoms with Gasteiger partial charge in [-0.25, -0.2) is 8.42 Å². The van der Waals surface area contributed by atoms with E-state index in [1.54, 1.807) is 29.6 Å². The van der Waals surface area contributed by atoms with Crippen molar-refractivity contribution in [3.8, 4) is 5.75 Å². The smallest absolute Gasteiger partial charge is 0.243 e. The molecular formula is C16H26N2O3S. The Morgan fingerprint density at radius 2 is 1.86 bits per heavy atom. The number of hydrogen-bond donors (Lipinski definition) is 0. The van der Waals surface area contributed by atoms with Crippen molar-refractivity contribution in [1.82, 2.24) is 9.21 Å². The fourth-order valence-electron chi connectivity index (χ4n) is 2.74. The average Bonchev–Trinajstić information content (AvgIpc) is 2.53. The number of aryl methyl sites for hydroxylation is 1. The van der Waals surface area contributed by atoms with Crippen LogP contribution >= 0.6 is 0 Å². The van der Waals surface area contributed by atoms with E-state index in [1.807, 2.05) is 6.92 Å². The zero-order valence-electron chi connectivity index (χ0n) is 13.7. The molecular weight excluding hydrogens is 300 g/mol. The number of methoxy groups -OCH3 is 1. The zero-order chi connectivity index (χ0) is 16.2. The summed E-state index contributed by atoms with van der Waals surface area (Å²) in [5, 5.41) is 0. The van der Waals surface area contributed by atoms with Gasteiger partial charge in [-0.2, -0.15) is 4.31 Å². The molecule has 1 aliphatic heterocycles. The molecule has 0 radical (unpaired) electrons.